The molecule has 21 heavy (non-hydrogen) atoms. The summed E-state index contributed by atoms with van der Waals surface area (Å²) in [5.74, 6) is 0.536. The molecule has 2 aromatic rings. The Balaban J connectivity index is 1.99. The standard InChI is InChI=1S/C17H19NO3/c1-3-21-17(19)14-5-4-6-15(11-14)18-12-13-7-9-16(20-2)10-8-13/h4-11,18H,3,12H2,1-2H3. The van der Waals surface area contributed by atoms with Crippen molar-refractivity contribution in [1.82, 2.24) is 0 Å². The van der Waals surface area contributed by atoms with E-state index in [4.69, 9.17) is 9.47 Å². The van der Waals surface area contributed by atoms with Gasteiger partial charge in [-0.15, -0.1) is 0 Å². The third-order valence-electron chi connectivity index (χ3n) is 3.03. The third-order valence-corrected chi connectivity index (χ3v) is 3.03. The second kappa shape index (κ2) is 7.33. The van der Waals surface area contributed by atoms with E-state index in [0.29, 0.717) is 18.7 Å². The molecule has 0 radical (unpaired) electrons. The molecule has 0 heterocycles. The summed E-state index contributed by atoms with van der Waals surface area (Å²) in [6.07, 6.45) is 0. The molecular weight excluding hydrogens is 266 g/mol. The van der Waals surface area contributed by atoms with Gasteiger partial charge in [-0.05, 0) is 42.8 Å². The number of anilines is 1. The van der Waals surface area contributed by atoms with Crippen molar-refractivity contribution in [3.63, 3.8) is 0 Å². The van der Waals surface area contributed by atoms with Gasteiger partial charge in [-0.1, -0.05) is 18.2 Å². The zero-order chi connectivity index (χ0) is 15.1. The molecule has 0 unspecified atom stereocenters. The maximum atomic E-state index is 11.7. The fourth-order valence-corrected chi connectivity index (χ4v) is 1.92. The molecule has 1 N–H and O–H groups in total. The molecule has 4 nitrogen and oxygen atoms in total. The minimum Gasteiger partial charge on any atom is -0.497 e. The molecule has 0 aromatic heterocycles. The molecule has 0 aliphatic carbocycles. The second-order valence-electron chi connectivity index (χ2n) is 4.50. The van der Waals surface area contributed by atoms with Crippen LogP contribution in [-0.2, 0) is 11.3 Å². The molecular formula is C17H19NO3. The monoisotopic (exact) mass is 285 g/mol. The number of carbonyl (C=O) groups excluding carboxylic acids is 1. The molecule has 2 rings (SSSR count). The molecule has 0 amide bonds. The van der Waals surface area contributed by atoms with Crippen LogP contribution in [0.15, 0.2) is 48.5 Å². The lowest BCUT2D eigenvalue weighted by Gasteiger charge is -2.09. The Labute approximate surface area is 124 Å². The number of rotatable bonds is 6. The largest absolute Gasteiger partial charge is 0.497 e. The van der Waals surface area contributed by atoms with Crippen LogP contribution in [0.25, 0.3) is 0 Å². The van der Waals surface area contributed by atoms with Gasteiger partial charge in [0.2, 0.25) is 0 Å². The third kappa shape index (κ3) is 4.24. The van der Waals surface area contributed by atoms with Crippen LogP contribution in [0.3, 0.4) is 0 Å². The quantitative estimate of drug-likeness (QED) is 0.825. The first-order valence-corrected chi connectivity index (χ1v) is 6.87. The Kier molecular flexibility index (Phi) is 5.21. The molecule has 0 aliphatic heterocycles. The smallest absolute Gasteiger partial charge is 0.338 e. The molecule has 0 saturated heterocycles. The van der Waals surface area contributed by atoms with Gasteiger partial charge in [0.15, 0.2) is 0 Å². The van der Waals surface area contributed by atoms with Crippen molar-refractivity contribution in [3.8, 4) is 5.75 Å². The van der Waals surface area contributed by atoms with Gasteiger partial charge in [-0.2, -0.15) is 0 Å². The molecule has 2 aromatic carbocycles. The first-order chi connectivity index (χ1) is 10.2. The Hall–Kier alpha value is -2.49. The Morgan fingerprint density at radius 2 is 1.90 bits per heavy atom. The lowest BCUT2D eigenvalue weighted by molar-refractivity contribution is 0.0526. The predicted molar refractivity (Wildman–Crippen MR) is 82.7 cm³/mol. The van der Waals surface area contributed by atoms with E-state index in [1.807, 2.05) is 36.4 Å². The molecule has 0 fully saturated rings. The van der Waals surface area contributed by atoms with Crippen LogP contribution in [0.2, 0.25) is 0 Å². The van der Waals surface area contributed by atoms with Crippen LogP contribution in [-0.4, -0.2) is 19.7 Å². The average molecular weight is 285 g/mol. The molecule has 0 bridgehead atoms. The zero-order valence-corrected chi connectivity index (χ0v) is 12.3. The van der Waals surface area contributed by atoms with E-state index in [-0.39, 0.29) is 5.97 Å². The lowest BCUT2D eigenvalue weighted by Crippen LogP contribution is -2.06. The summed E-state index contributed by atoms with van der Waals surface area (Å²) in [5, 5.41) is 3.29. The van der Waals surface area contributed by atoms with Crippen molar-refractivity contribution in [2.45, 2.75) is 13.5 Å². The molecule has 0 saturated carbocycles. The van der Waals surface area contributed by atoms with Crippen LogP contribution >= 0.6 is 0 Å². The number of hydrogen-bond donors (Lipinski definition) is 1. The van der Waals surface area contributed by atoms with E-state index in [0.717, 1.165) is 17.0 Å². The Bertz CT molecular complexity index is 593. The van der Waals surface area contributed by atoms with E-state index >= 15 is 0 Å². The van der Waals surface area contributed by atoms with E-state index in [1.165, 1.54) is 0 Å². The minimum absolute atomic E-state index is 0.300. The summed E-state index contributed by atoms with van der Waals surface area (Å²) in [5.41, 5.74) is 2.57. The van der Waals surface area contributed by atoms with Crippen LogP contribution in [0.5, 0.6) is 5.75 Å². The number of ether oxygens (including phenoxy) is 2. The minimum atomic E-state index is -0.300. The Morgan fingerprint density at radius 1 is 1.14 bits per heavy atom. The van der Waals surface area contributed by atoms with Crippen LogP contribution in [0.4, 0.5) is 5.69 Å². The van der Waals surface area contributed by atoms with E-state index < -0.39 is 0 Å². The maximum absolute atomic E-state index is 11.7. The summed E-state index contributed by atoms with van der Waals surface area (Å²) in [6.45, 7) is 2.85. The number of esters is 1. The van der Waals surface area contributed by atoms with Gasteiger partial charge in [0.1, 0.15) is 5.75 Å². The summed E-state index contributed by atoms with van der Waals surface area (Å²) < 4.78 is 10.1. The first-order valence-electron chi connectivity index (χ1n) is 6.87. The highest BCUT2D eigenvalue weighted by molar-refractivity contribution is 5.90. The fourth-order valence-electron chi connectivity index (χ4n) is 1.92. The highest BCUT2D eigenvalue weighted by atomic mass is 16.5. The van der Waals surface area contributed by atoms with Crippen molar-refractivity contribution < 1.29 is 14.3 Å². The number of nitrogens with one attached hydrogen (secondary N) is 1. The van der Waals surface area contributed by atoms with Crippen LogP contribution in [0.1, 0.15) is 22.8 Å². The van der Waals surface area contributed by atoms with E-state index in [1.54, 1.807) is 26.2 Å². The molecule has 4 heteroatoms. The van der Waals surface area contributed by atoms with Gasteiger partial charge in [-0.3, -0.25) is 0 Å². The first kappa shape index (κ1) is 14.9. The van der Waals surface area contributed by atoms with Crippen molar-refractivity contribution in [3.05, 3.63) is 59.7 Å². The van der Waals surface area contributed by atoms with E-state index in [9.17, 15) is 4.79 Å². The van der Waals surface area contributed by atoms with Gasteiger partial charge in [-0.25, -0.2) is 4.79 Å². The van der Waals surface area contributed by atoms with Crippen LogP contribution in [0, 0.1) is 0 Å². The second-order valence-corrected chi connectivity index (χ2v) is 4.50. The summed E-state index contributed by atoms with van der Waals surface area (Å²) >= 11 is 0. The summed E-state index contributed by atoms with van der Waals surface area (Å²) in [4.78, 5) is 11.7. The number of methoxy groups -OCH3 is 1. The maximum Gasteiger partial charge on any atom is 0.338 e. The fraction of sp³-hybridized carbons (Fsp3) is 0.235. The highest BCUT2D eigenvalue weighted by Crippen LogP contribution is 2.15. The molecule has 0 spiro atoms. The highest BCUT2D eigenvalue weighted by Gasteiger charge is 2.06. The predicted octanol–water partition coefficient (Wildman–Crippen LogP) is 3.48. The SMILES string of the molecule is CCOC(=O)c1cccc(NCc2ccc(OC)cc2)c1. The number of benzene rings is 2. The summed E-state index contributed by atoms with van der Waals surface area (Å²) in [6, 6.07) is 15.1. The lowest BCUT2D eigenvalue weighted by atomic mass is 10.2. The molecule has 110 valence electrons. The van der Waals surface area contributed by atoms with Gasteiger partial charge >= 0.3 is 5.97 Å². The normalized spacial score (nSPS) is 10.0. The zero-order valence-electron chi connectivity index (χ0n) is 12.3. The van der Waals surface area contributed by atoms with Crippen molar-refractivity contribution >= 4 is 11.7 Å². The van der Waals surface area contributed by atoms with Gasteiger partial charge in [0.05, 0.1) is 19.3 Å². The van der Waals surface area contributed by atoms with E-state index in [2.05, 4.69) is 5.32 Å². The summed E-state index contributed by atoms with van der Waals surface area (Å²) in [7, 11) is 1.65. The van der Waals surface area contributed by atoms with Crippen LogP contribution < -0.4 is 10.1 Å². The number of carbonyl (C=O) groups is 1. The van der Waals surface area contributed by atoms with Crippen molar-refractivity contribution in [2.75, 3.05) is 19.0 Å². The topological polar surface area (TPSA) is 47.6 Å². The van der Waals surface area contributed by atoms with Gasteiger partial charge in [0.25, 0.3) is 0 Å². The molecule has 0 atom stereocenters. The van der Waals surface area contributed by atoms with Crippen molar-refractivity contribution in [2.24, 2.45) is 0 Å². The average Bonchev–Trinajstić information content (AvgIpc) is 2.54. The molecule has 0 aliphatic rings. The van der Waals surface area contributed by atoms with Gasteiger partial charge in [0, 0.05) is 12.2 Å². The Morgan fingerprint density at radius 3 is 2.57 bits per heavy atom. The number of hydrogen-bond acceptors (Lipinski definition) is 4. The van der Waals surface area contributed by atoms with Crippen molar-refractivity contribution in [1.29, 1.82) is 0 Å². The van der Waals surface area contributed by atoms with Gasteiger partial charge < -0.3 is 14.8 Å².